The van der Waals surface area contributed by atoms with Crippen molar-refractivity contribution in [3.63, 3.8) is 0 Å². The normalized spacial score (nSPS) is 15.7. The Morgan fingerprint density at radius 1 is 1.46 bits per heavy atom. The summed E-state index contributed by atoms with van der Waals surface area (Å²) in [6.45, 7) is 6.30. The predicted octanol–water partition coefficient (Wildman–Crippen LogP) is 1.02. The van der Waals surface area contributed by atoms with Gasteiger partial charge in [0, 0.05) is 19.8 Å². The second-order valence-corrected chi connectivity index (χ2v) is 3.59. The number of aliphatic hydroxyl groups is 1. The summed E-state index contributed by atoms with van der Waals surface area (Å²) in [6.07, 6.45) is 1.95. The highest BCUT2D eigenvalue weighted by molar-refractivity contribution is 4.66. The number of hydrogen-bond acceptors (Lipinski definition) is 3. The average molecular weight is 189 g/mol. The summed E-state index contributed by atoms with van der Waals surface area (Å²) in [7, 11) is 1.72. The van der Waals surface area contributed by atoms with E-state index in [1.807, 2.05) is 0 Å². The molecule has 0 amide bonds. The molecule has 2 atom stereocenters. The Morgan fingerprint density at radius 2 is 2.15 bits per heavy atom. The highest BCUT2D eigenvalue weighted by atomic mass is 16.5. The van der Waals surface area contributed by atoms with Crippen LogP contribution in [0.15, 0.2) is 0 Å². The molecule has 0 aromatic heterocycles. The highest BCUT2D eigenvalue weighted by Crippen LogP contribution is 2.00. The van der Waals surface area contributed by atoms with Gasteiger partial charge >= 0.3 is 0 Å². The largest absolute Gasteiger partial charge is 0.396 e. The van der Waals surface area contributed by atoms with Crippen LogP contribution in [0.5, 0.6) is 0 Å². The van der Waals surface area contributed by atoms with E-state index in [-0.39, 0.29) is 6.61 Å². The van der Waals surface area contributed by atoms with Gasteiger partial charge in [-0.2, -0.15) is 0 Å². The third kappa shape index (κ3) is 6.99. The smallest absolute Gasteiger partial charge is 0.0615 e. The number of ether oxygens (including phenoxy) is 1. The third-order valence-electron chi connectivity index (χ3n) is 2.24. The van der Waals surface area contributed by atoms with Crippen LogP contribution >= 0.6 is 0 Å². The van der Waals surface area contributed by atoms with Gasteiger partial charge in [0.2, 0.25) is 0 Å². The van der Waals surface area contributed by atoms with Crippen LogP contribution in [0.4, 0.5) is 0 Å². The Bertz CT molecular complexity index is 109. The van der Waals surface area contributed by atoms with E-state index in [9.17, 15) is 0 Å². The zero-order valence-electron chi connectivity index (χ0n) is 9.05. The summed E-state index contributed by atoms with van der Waals surface area (Å²) >= 11 is 0. The Kier molecular flexibility index (Phi) is 8.40. The van der Waals surface area contributed by atoms with Crippen molar-refractivity contribution >= 4 is 0 Å². The number of methoxy groups -OCH3 is 1. The predicted molar refractivity (Wildman–Crippen MR) is 54.8 cm³/mol. The van der Waals surface area contributed by atoms with Gasteiger partial charge in [0.1, 0.15) is 0 Å². The lowest BCUT2D eigenvalue weighted by Gasteiger charge is -2.18. The molecule has 0 aliphatic heterocycles. The highest BCUT2D eigenvalue weighted by Gasteiger charge is 2.07. The SMILES string of the molecule is CCC(COC)NCC(C)CCO. The van der Waals surface area contributed by atoms with Crippen LogP contribution in [0.2, 0.25) is 0 Å². The van der Waals surface area contributed by atoms with Gasteiger partial charge in [-0.1, -0.05) is 13.8 Å². The summed E-state index contributed by atoms with van der Waals surface area (Å²) in [5, 5.41) is 12.1. The molecule has 2 N–H and O–H groups in total. The van der Waals surface area contributed by atoms with Gasteiger partial charge < -0.3 is 15.2 Å². The lowest BCUT2D eigenvalue weighted by Crippen LogP contribution is -2.35. The summed E-state index contributed by atoms with van der Waals surface area (Å²) in [6, 6.07) is 0.450. The van der Waals surface area contributed by atoms with Gasteiger partial charge in [-0.3, -0.25) is 0 Å². The molecule has 3 nitrogen and oxygen atoms in total. The Labute approximate surface area is 81.5 Å². The summed E-state index contributed by atoms with van der Waals surface area (Å²) in [5.41, 5.74) is 0. The minimum absolute atomic E-state index is 0.282. The first-order valence-corrected chi connectivity index (χ1v) is 5.07. The first-order valence-electron chi connectivity index (χ1n) is 5.07. The molecule has 0 fully saturated rings. The summed E-state index contributed by atoms with van der Waals surface area (Å²) in [4.78, 5) is 0. The zero-order chi connectivity index (χ0) is 10.1. The lowest BCUT2D eigenvalue weighted by molar-refractivity contribution is 0.160. The second kappa shape index (κ2) is 8.48. The van der Waals surface area contributed by atoms with Gasteiger partial charge in [0.25, 0.3) is 0 Å². The molecule has 0 radical (unpaired) electrons. The van der Waals surface area contributed by atoms with E-state index in [0.717, 1.165) is 26.0 Å². The first-order chi connectivity index (χ1) is 6.24. The average Bonchev–Trinajstić information content (AvgIpc) is 2.12. The fraction of sp³-hybridized carbons (Fsp3) is 1.00. The van der Waals surface area contributed by atoms with Crippen LogP contribution < -0.4 is 5.32 Å². The summed E-state index contributed by atoms with van der Waals surface area (Å²) < 4.78 is 5.08. The fourth-order valence-electron chi connectivity index (χ4n) is 1.21. The molecule has 0 saturated heterocycles. The van der Waals surface area contributed by atoms with Crippen LogP contribution in [-0.4, -0.2) is 38.0 Å². The molecule has 0 aromatic rings. The molecular weight excluding hydrogens is 166 g/mol. The third-order valence-corrected chi connectivity index (χ3v) is 2.24. The van der Waals surface area contributed by atoms with Gasteiger partial charge in [0.15, 0.2) is 0 Å². The molecule has 0 aromatic carbocycles. The quantitative estimate of drug-likeness (QED) is 0.599. The van der Waals surface area contributed by atoms with Crippen molar-refractivity contribution in [1.29, 1.82) is 0 Å². The van der Waals surface area contributed by atoms with E-state index in [0.29, 0.717) is 12.0 Å². The van der Waals surface area contributed by atoms with Crippen molar-refractivity contribution in [1.82, 2.24) is 5.32 Å². The van der Waals surface area contributed by atoms with E-state index in [2.05, 4.69) is 19.2 Å². The summed E-state index contributed by atoms with van der Waals surface area (Å²) in [5.74, 6) is 0.538. The molecule has 0 spiro atoms. The number of nitrogens with one attached hydrogen (secondary N) is 1. The van der Waals surface area contributed by atoms with Gasteiger partial charge in [-0.15, -0.1) is 0 Å². The molecule has 13 heavy (non-hydrogen) atoms. The Hall–Kier alpha value is -0.120. The molecule has 2 unspecified atom stereocenters. The zero-order valence-corrected chi connectivity index (χ0v) is 9.05. The topological polar surface area (TPSA) is 41.5 Å². The van der Waals surface area contributed by atoms with Gasteiger partial charge in [-0.05, 0) is 25.3 Å². The maximum absolute atomic E-state index is 8.71. The van der Waals surface area contributed by atoms with E-state index in [1.54, 1.807) is 7.11 Å². The molecule has 0 aliphatic rings. The minimum Gasteiger partial charge on any atom is -0.396 e. The Balaban J connectivity index is 3.46. The van der Waals surface area contributed by atoms with Crippen LogP contribution in [-0.2, 0) is 4.74 Å². The van der Waals surface area contributed by atoms with E-state index < -0.39 is 0 Å². The standard InChI is InChI=1S/C10H23NO2/c1-4-10(8-13-3)11-7-9(2)5-6-12/h9-12H,4-8H2,1-3H3. The molecule has 0 rings (SSSR count). The Morgan fingerprint density at radius 3 is 2.62 bits per heavy atom. The van der Waals surface area contributed by atoms with Crippen molar-refractivity contribution in [2.45, 2.75) is 32.7 Å². The molecule has 0 bridgehead atoms. The van der Waals surface area contributed by atoms with Crippen LogP contribution in [0.25, 0.3) is 0 Å². The second-order valence-electron chi connectivity index (χ2n) is 3.59. The fourth-order valence-corrected chi connectivity index (χ4v) is 1.21. The van der Waals surface area contributed by atoms with E-state index in [1.165, 1.54) is 0 Å². The molecule has 0 aliphatic carbocycles. The van der Waals surface area contributed by atoms with Crippen molar-refractivity contribution in [3.05, 3.63) is 0 Å². The van der Waals surface area contributed by atoms with Crippen molar-refractivity contribution in [3.8, 4) is 0 Å². The maximum Gasteiger partial charge on any atom is 0.0615 e. The molecule has 0 heterocycles. The van der Waals surface area contributed by atoms with Crippen LogP contribution in [0, 0.1) is 5.92 Å². The van der Waals surface area contributed by atoms with Gasteiger partial charge in [-0.25, -0.2) is 0 Å². The number of aliphatic hydroxyl groups excluding tert-OH is 1. The van der Waals surface area contributed by atoms with Crippen molar-refractivity contribution < 1.29 is 9.84 Å². The maximum atomic E-state index is 8.71. The van der Waals surface area contributed by atoms with E-state index >= 15 is 0 Å². The molecule has 3 heteroatoms. The number of rotatable bonds is 8. The van der Waals surface area contributed by atoms with Crippen LogP contribution in [0.3, 0.4) is 0 Å². The van der Waals surface area contributed by atoms with Crippen molar-refractivity contribution in [2.24, 2.45) is 5.92 Å². The molecule has 80 valence electrons. The minimum atomic E-state index is 0.282. The molecular formula is C10H23NO2. The number of hydrogen-bond donors (Lipinski definition) is 2. The first kappa shape index (κ1) is 12.9. The monoisotopic (exact) mass is 189 g/mol. The van der Waals surface area contributed by atoms with E-state index in [4.69, 9.17) is 9.84 Å². The van der Waals surface area contributed by atoms with Gasteiger partial charge in [0.05, 0.1) is 6.61 Å². The van der Waals surface area contributed by atoms with Crippen LogP contribution in [0.1, 0.15) is 26.7 Å². The lowest BCUT2D eigenvalue weighted by atomic mass is 10.1. The molecule has 0 saturated carbocycles. The van der Waals surface area contributed by atoms with Crippen molar-refractivity contribution in [2.75, 3.05) is 26.9 Å².